The Morgan fingerprint density at radius 3 is 3.11 bits per heavy atom. The van der Waals surface area contributed by atoms with E-state index in [2.05, 4.69) is 10.3 Å². The maximum absolute atomic E-state index is 5.68. The number of pyridine rings is 1. The van der Waals surface area contributed by atoms with Crippen molar-refractivity contribution in [2.45, 2.75) is 6.10 Å². The molecule has 2 aromatic rings. The van der Waals surface area contributed by atoms with Crippen molar-refractivity contribution in [3.63, 3.8) is 0 Å². The second-order valence-electron chi connectivity index (χ2n) is 4.35. The van der Waals surface area contributed by atoms with E-state index in [1.54, 1.807) is 0 Å². The van der Waals surface area contributed by atoms with Crippen molar-refractivity contribution in [3.05, 3.63) is 36.4 Å². The second kappa shape index (κ2) is 5.33. The van der Waals surface area contributed by atoms with Gasteiger partial charge in [-0.2, -0.15) is 0 Å². The SMILES string of the molecule is c1ccc2nc(OCC3CNCCO3)ccc2c1. The summed E-state index contributed by atoms with van der Waals surface area (Å²) in [6, 6.07) is 11.9. The van der Waals surface area contributed by atoms with Crippen molar-refractivity contribution in [1.82, 2.24) is 10.3 Å². The lowest BCUT2D eigenvalue weighted by atomic mass is 10.2. The van der Waals surface area contributed by atoms with Gasteiger partial charge < -0.3 is 14.8 Å². The number of rotatable bonds is 3. The van der Waals surface area contributed by atoms with Gasteiger partial charge in [-0.3, -0.25) is 0 Å². The number of hydrogen-bond acceptors (Lipinski definition) is 4. The third-order valence-corrected chi connectivity index (χ3v) is 2.99. The van der Waals surface area contributed by atoms with Gasteiger partial charge in [0, 0.05) is 24.5 Å². The van der Waals surface area contributed by atoms with Crippen LogP contribution in [-0.2, 0) is 4.74 Å². The van der Waals surface area contributed by atoms with Crippen LogP contribution < -0.4 is 10.1 Å². The molecule has 1 N–H and O–H groups in total. The van der Waals surface area contributed by atoms with Crippen molar-refractivity contribution in [2.24, 2.45) is 0 Å². The number of fused-ring (bicyclic) bond motifs is 1. The molecule has 1 saturated heterocycles. The van der Waals surface area contributed by atoms with Crippen molar-refractivity contribution in [1.29, 1.82) is 0 Å². The molecule has 0 spiro atoms. The van der Waals surface area contributed by atoms with E-state index in [-0.39, 0.29) is 6.10 Å². The normalized spacial score (nSPS) is 19.9. The average molecular weight is 244 g/mol. The van der Waals surface area contributed by atoms with Crippen LogP contribution in [0.4, 0.5) is 0 Å². The molecule has 0 radical (unpaired) electrons. The molecule has 4 heteroatoms. The molecule has 1 atom stereocenters. The minimum Gasteiger partial charge on any atom is -0.475 e. The fourth-order valence-electron chi connectivity index (χ4n) is 2.03. The Morgan fingerprint density at radius 2 is 2.22 bits per heavy atom. The van der Waals surface area contributed by atoms with Gasteiger partial charge in [-0.15, -0.1) is 0 Å². The molecule has 0 amide bonds. The highest BCUT2D eigenvalue weighted by Gasteiger charge is 2.14. The minimum atomic E-state index is 0.118. The predicted molar refractivity (Wildman–Crippen MR) is 69.8 cm³/mol. The summed E-state index contributed by atoms with van der Waals surface area (Å²) in [7, 11) is 0. The molecule has 3 rings (SSSR count). The van der Waals surface area contributed by atoms with Gasteiger partial charge in [-0.1, -0.05) is 18.2 Å². The quantitative estimate of drug-likeness (QED) is 0.890. The molecular weight excluding hydrogens is 228 g/mol. The minimum absolute atomic E-state index is 0.118. The Kier molecular flexibility index (Phi) is 3.39. The molecule has 1 aliphatic rings. The van der Waals surface area contributed by atoms with Crippen molar-refractivity contribution in [3.8, 4) is 5.88 Å². The van der Waals surface area contributed by atoms with Crippen LogP contribution >= 0.6 is 0 Å². The van der Waals surface area contributed by atoms with Crippen LogP contribution in [-0.4, -0.2) is 37.4 Å². The highest BCUT2D eigenvalue weighted by molar-refractivity contribution is 5.78. The van der Waals surface area contributed by atoms with E-state index < -0.39 is 0 Å². The van der Waals surface area contributed by atoms with Crippen LogP contribution in [0.1, 0.15) is 0 Å². The van der Waals surface area contributed by atoms with Gasteiger partial charge in [-0.25, -0.2) is 4.98 Å². The first-order chi connectivity index (χ1) is 8.92. The lowest BCUT2D eigenvalue weighted by Crippen LogP contribution is -2.41. The van der Waals surface area contributed by atoms with Gasteiger partial charge in [0.25, 0.3) is 0 Å². The summed E-state index contributed by atoms with van der Waals surface area (Å²) >= 11 is 0. The van der Waals surface area contributed by atoms with Crippen LogP contribution in [0.25, 0.3) is 10.9 Å². The Bertz CT molecular complexity index is 524. The Balaban J connectivity index is 1.66. The molecule has 18 heavy (non-hydrogen) atoms. The predicted octanol–water partition coefficient (Wildman–Crippen LogP) is 1.60. The molecule has 0 saturated carbocycles. The molecule has 1 aromatic heterocycles. The third-order valence-electron chi connectivity index (χ3n) is 2.99. The lowest BCUT2D eigenvalue weighted by Gasteiger charge is -2.23. The van der Waals surface area contributed by atoms with Gasteiger partial charge in [0.2, 0.25) is 5.88 Å². The van der Waals surface area contributed by atoms with Crippen LogP contribution in [0.2, 0.25) is 0 Å². The molecule has 1 aliphatic heterocycles. The molecule has 1 fully saturated rings. The van der Waals surface area contributed by atoms with Crippen LogP contribution in [0.3, 0.4) is 0 Å². The van der Waals surface area contributed by atoms with E-state index in [1.807, 2.05) is 36.4 Å². The first-order valence-electron chi connectivity index (χ1n) is 6.23. The smallest absolute Gasteiger partial charge is 0.213 e. The molecule has 1 aromatic carbocycles. The molecule has 2 heterocycles. The molecule has 4 nitrogen and oxygen atoms in total. The number of hydrogen-bond donors (Lipinski definition) is 1. The first-order valence-corrected chi connectivity index (χ1v) is 6.23. The van der Waals surface area contributed by atoms with Crippen LogP contribution in [0.5, 0.6) is 5.88 Å². The van der Waals surface area contributed by atoms with E-state index in [9.17, 15) is 0 Å². The number of aromatic nitrogens is 1. The molecule has 0 bridgehead atoms. The maximum Gasteiger partial charge on any atom is 0.213 e. The molecular formula is C14H16N2O2. The number of morpholine rings is 1. The fraction of sp³-hybridized carbons (Fsp3) is 0.357. The van der Waals surface area contributed by atoms with Gasteiger partial charge in [0.05, 0.1) is 12.1 Å². The van der Waals surface area contributed by atoms with Crippen molar-refractivity contribution >= 4 is 10.9 Å². The monoisotopic (exact) mass is 244 g/mol. The Hall–Kier alpha value is -1.65. The highest BCUT2D eigenvalue weighted by Crippen LogP contribution is 2.16. The molecule has 94 valence electrons. The van der Waals surface area contributed by atoms with Gasteiger partial charge >= 0.3 is 0 Å². The maximum atomic E-state index is 5.68. The zero-order valence-electron chi connectivity index (χ0n) is 10.1. The Morgan fingerprint density at radius 1 is 1.28 bits per heavy atom. The topological polar surface area (TPSA) is 43.4 Å². The summed E-state index contributed by atoms with van der Waals surface area (Å²) in [6.07, 6.45) is 0.118. The van der Waals surface area contributed by atoms with Crippen molar-refractivity contribution < 1.29 is 9.47 Å². The summed E-state index contributed by atoms with van der Waals surface area (Å²) in [6.45, 7) is 3.05. The summed E-state index contributed by atoms with van der Waals surface area (Å²) in [5.74, 6) is 0.655. The Labute approximate surface area is 106 Å². The van der Waals surface area contributed by atoms with E-state index in [1.165, 1.54) is 0 Å². The summed E-state index contributed by atoms with van der Waals surface area (Å²) < 4.78 is 11.2. The standard InChI is InChI=1S/C14H16N2O2/c1-2-4-13-11(3-1)5-6-14(16-13)18-10-12-9-15-7-8-17-12/h1-6,12,15H,7-10H2. The summed E-state index contributed by atoms with van der Waals surface area (Å²) in [4.78, 5) is 4.46. The number of nitrogens with zero attached hydrogens (tertiary/aromatic N) is 1. The van der Waals surface area contributed by atoms with Crippen molar-refractivity contribution in [2.75, 3.05) is 26.3 Å². The lowest BCUT2D eigenvalue weighted by molar-refractivity contribution is -0.000672. The third kappa shape index (κ3) is 2.60. The van der Waals surface area contributed by atoms with Crippen LogP contribution in [0, 0.1) is 0 Å². The number of para-hydroxylation sites is 1. The molecule has 1 unspecified atom stereocenters. The van der Waals surface area contributed by atoms with Gasteiger partial charge in [0.1, 0.15) is 12.7 Å². The molecule has 0 aliphatic carbocycles. The van der Waals surface area contributed by atoms with E-state index in [4.69, 9.17) is 9.47 Å². The summed E-state index contributed by atoms with van der Waals surface area (Å²) in [5.41, 5.74) is 0.956. The highest BCUT2D eigenvalue weighted by atomic mass is 16.5. The summed E-state index contributed by atoms with van der Waals surface area (Å²) in [5, 5.41) is 4.40. The zero-order chi connectivity index (χ0) is 12.2. The number of ether oxygens (including phenoxy) is 2. The largest absolute Gasteiger partial charge is 0.475 e. The first kappa shape index (κ1) is 11.4. The van der Waals surface area contributed by atoms with Gasteiger partial charge in [0.15, 0.2) is 0 Å². The second-order valence-corrected chi connectivity index (χ2v) is 4.35. The van der Waals surface area contributed by atoms with Gasteiger partial charge in [-0.05, 0) is 12.1 Å². The van der Waals surface area contributed by atoms with Crippen LogP contribution in [0.15, 0.2) is 36.4 Å². The van der Waals surface area contributed by atoms with E-state index in [0.717, 1.165) is 30.6 Å². The van der Waals surface area contributed by atoms with E-state index >= 15 is 0 Å². The average Bonchev–Trinajstić information content (AvgIpc) is 2.46. The van der Waals surface area contributed by atoms with E-state index in [0.29, 0.717) is 12.5 Å². The fourth-order valence-corrected chi connectivity index (χ4v) is 2.03. The zero-order valence-corrected chi connectivity index (χ0v) is 10.1. The number of nitrogens with one attached hydrogen (secondary N) is 1. The number of benzene rings is 1.